The molecule has 1 aromatic heterocycles. The number of hydrogen-bond donors (Lipinski definition) is 1. The first-order valence-electron chi connectivity index (χ1n) is 4.32. The molecule has 1 N–H and O–H groups in total. The fourth-order valence-corrected chi connectivity index (χ4v) is 1.79. The van der Waals surface area contributed by atoms with Gasteiger partial charge in [0.05, 0.1) is 0 Å². The molecule has 1 aromatic rings. The second-order valence-corrected chi connectivity index (χ2v) is 3.56. The summed E-state index contributed by atoms with van der Waals surface area (Å²) in [6.45, 7) is 2.15. The topological polar surface area (TPSA) is 25.2 Å². The van der Waals surface area contributed by atoms with E-state index in [1.54, 1.807) is 0 Å². The van der Waals surface area contributed by atoms with E-state index < -0.39 is 0 Å². The minimum Gasteiger partial charge on any atom is -0.449 e. The first kappa shape index (κ1) is 8.14. The summed E-state index contributed by atoms with van der Waals surface area (Å²) in [5, 5.41) is 3.84. The van der Waals surface area contributed by atoms with Crippen LogP contribution in [0.5, 0.6) is 0 Å². The van der Waals surface area contributed by atoms with E-state index >= 15 is 0 Å². The highest BCUT2D eigenvalue weighted by molar-refractivity contribution is 6.28. The van der Waals surface area contributed by atoms with Crippen LogP contribution in [-0.4, -0.2) is 13.1 Å². The fraction of sp³-hybridized carbons (Fsp3) is 0.556. The lowest BCUT2D eigenvalue weighted by atomic mass is 9.97. The zero-order chi connectivity index (χ0) is 8.39. The first-order chi connectivity index (χ1) is 5.86. The van der Waals surface area contributed by atoms with Gasteiger partial charge in [-0.3, -0.25) is 0 Å². The Balaban J connectivity index is 2.08. The fourth-order valence-electron chi connectivity index (χ4n) is 1.64. The first-order valence-corrected chi connectivity index (χ1v) is 4.70. The van der Waals surface area contributed by atoms with Gasteiger partial charge in [0.15, 0.2) is 5.22 Å². The molecule has 0 aliphatic carbocycles. The molecule has 2 rings (SSSR count). The van der Waals surface area contributed by atoms with Crippen LogP contribution in [-0.2, 0) is 0 Å². The molecule has 0 spiro atoms. The highest BCUT2D eigenvalue weighted by Gasteiger charge is 2.17. The Hall–Kier alpha value is -0.470. The van der Waals surface area contributed by atoms with Crippen LogP contribution in [0, 0.1) is 0 Å². The van der Waals surface area contributed by atoms with Crippen LogP contribution in [0.3, 0.4) is 0 Å². The summed E-state index contributed by atoms with van der Waals surface area (Å²) in [5.41, 5.74) is 0. The van der Waals surface area contributed by atoms with Crippen molar-refractivity contribution >= 4 is 11.6 Å². The molecule has 0 radical (unpaired) electrons. The van der Waals surface area contributed by atoms with E-state index in [1.807, 2.05) is 12.1 Å². The summed E-state index contributed by atoms with van der Waals surface area (Å²) in [4.78, 5) is 0. The highest BCUT2D eigenvalue weighted by Crippen LogP contribution is 2.26. The molecule has 1 fully saturated rings. The predicted molar refractivity (Wildman–Crippen MR) is 48.6 cm³/mol. The minimum atomic E-state index is 0.496. The van der Waals surface area contributed by atoms with E-state index in [4.69, 9.17) is 16.0 Å². The molecule has 0 unspecified atom stereocenters. The van der Waals surface area contributed by atoms with Gasteiger partial charge < -0.3 is 9.73 Å². The van der Waals surface area contributed by atoms with E-state index in [-0.39, 0.29) is 0 Å². The number of hydrogen-bond acceptors (Lipinski definition) is 2. The Morgan fingerprint density at radius 1 is 1.50 bits per heavy atom. The Kier molecular flexibility index (Phi) is 2.38. The van der Waals surface area contributed by atoms with Crippen molar-refractivity contribution < 1.29 is 4.42 Å². The van der Waals surface area contributed by atoms with Crippen molar-refractivity contribution in [1.82, 2.24) is 5.32 Å². The Labute approximate surface area is 76.9 Å². The zero-order valence-electron chi connectivity index (χ0n) is 6.85. The number of piperidine rings is 1. The number of rotatable bonds is 1. The van der Waals surface area contributed by atoms with Crippen LogP contribution in [0.2, 0.25) is 5.22 Å². The lowest BCUT2D eigenvalue weighted by Gasteiger charge is -2.20. The summed E-state index contributed by atoms with van der Waals surface area (Å²) in [5.74, 6) is 1.54. The molecule has 12 heavy (non-hydrogen) atoms. The third kappa shape index (κ3) is 1.65. The SMILES string of the molecule is Clc1ccc([C@H]2CCCNC2)o1. The summed E-state index contributed by atoms with van der Waals surface area (Å²) in [6.07, 6.45) is 2.43. The average Bonchev–Trinajstić information content (AvgIpc) is 2.54. The van der Waals surface area contributed by atoms with Gasteiger partial charge in [-0.1, -0.05) is 0 Å². The average molecular weight is 186 g/mol. The van der Waals surface area contributed by atoms with E-state index in [0.29, 0.717) is 11.1 Å². The van der Waals surface area contributed by atoms with E-state index in [2.05, 4.69) is 5.32 Å². The highest BCUT2D eigenvalue weighted by atomic mass is 35.5. The van der Waals surface area contributed by atoms with Crippen LogP contribution in [0.1, 0.15) is 24.5 Å². The van der Waals surface area contributed by atoms with Crippen LogP contribution in [0.4, 0.5) is 0 Å². The van der Waals surface area contributed by atoms with Gasteiger partial charge in [0.25, 0.3) is 0 Å². The molecule has 0 saturated carbocycles. The molecule has 2 heterocycles. The third-order valence-corrected chi connectivity index (χ3v) is 2.50. The van der Waals surface area contributed by atoms with Crippen molar-refractivity contribution in [2.24, 2.45) is 0 Å². The standard InChI is InChI=1S/C9H12ClNO/c10-9-4-3-8(12-9)7-2-1-5-11-6-7/h3-4,7,11H,1-2,5-6H2/t7-/m0/s1. The molecule has 1 aliphatic rings. The van der Waals surface area contributed by atoms with Crippen LogP contribution in [0.15, 0.2) is 16.5 Å². The molecule has 1 saturated heterocycles. The minimum absolute atomic E-state index is 0.496. The maximum Gasteiger partial charge on any atom is 0.193 e. The second kappa shape index (κ2) is 3.50. The monoisotopic (exact) mass is 185 g/mol. The molecule has 0 bridgehead atoms. The van der Waals surface area contributed by atoms with Crippen LogP contribution < -0.4 is 5.32 Å². The van der Waals surface area contributed by atoms with Gasteiger partial charge in [-0.25, -0.2) is 0 Å². The van der Waals surface area contributed by atoms with Crippen molar-refractivity contribution in [3.63, 3.8) is 0 Å². The molecule has 1 atom stereocenters. The van der Waals surface area contributed by atoms with Crippen molar-refractivity contribution in [2.45, 2.75) is 18.8 Å². The van der Waals surface area contributed by atoms with Crippen LogP contribution in [0.25, 0.3) is 0 Å². The van der Waals surface area contributed by atoms with Crippen molar-refractivity contribution in [3.8, 4) is 0 Å². The lowest BCUT2D eigenvalue weighted by Crippen LogP contribution is -2.28. The maximum atomic E-state index is 5.69. The van der Waals surface area contributed by atoms with Crippen molar-refractivity contribution in [2.75, 3.05) is 13.1 Å². The van der Waals surface area contributed by atoms with E-state index in [0.717, 1.165) is 18.8 Å². The molecule has 1 aliphatic heterocycles. The van der Waals surface area contributed by atoms with Gasteiger partial charge >= 0.3 is 0 Å². The molecular formula is C9H12ClNO. The molecule has 0 amide bonds. The van der Waals surface area contributed by atoms with E-state index in [1.165, 1.54) is 12.8 Å². The molecule has 0 aromatic carbocycles. The van der Waals surface area contributed by atoms with Gasteiger partial charge in [0, 0.05) is 12.5 Å². The molecule has 66 valence electrons. The Morgan fingerprint density at radius 3 is 3.00 bits per heavy atom. The normalized spacial score (nSPS) is 24.2. The lowest BCUT2D eigenvalue weighted by molar-refractivity contribution is 0.389. The summed E-state index contributed by atoms with van der Waals surface area (Å²) < 4.78 is 5.35. The van der Waals surface area contributed by atoms with Crippen molar-refractivity contribution in [3.05, 3.63) is 23.1 Å². The number of halogens is 1. The van der Waals surface area contributed by atoms with Crippen LogP contribution >= 0.6 is 11.6 Å². The molecular weight excluding hydrogens is 174 g/mol. The Bertz CT molecular complexity index is 253. The number of nitrogens with one attached hydrogen (secondary N) is 1. The zero-order valence-corrected chi connectivity index (χ0v) is 7.60. The Morgan fingerprint density at radius 2 is 2.42 bits per heavy atom. The summed E-state index contributed by atoms with van der Waals surface area (Å²) >= 11 is 5.69. The second-order valence-electron chi connectivity index (χ2n) is 3.19. The third-order valence-electron chi connectivity index (χ3n) is 2.29. The largest absolute Gasteiger partial charge is 0.449 e. The van der Waals surface area contributed by atoms with E-state index in [9.17, 15) is 0 Å². The molecule has 2 nitrogen and oxygen atoms in total. The quantitative estimate of drug-likeness (QED) is 0.727. The van der Waals surface area contributed by atoms with Gasteiger partial charge in [-0.2, -0.15) is 0 Å². The molecule has 3 heteroatoms. The van der Waals surface area contributed by atoms with Gasteiger partial charge in [-0.15, -0.1) is 0 Å². The van der Waals surface area contributed by atoms with Gasteiger partial charge in [-0.05, 0) is 43.1 Å². The van der Waals surface area contributed by atoms with Gasteiger partial charge in [0.1, 0.15) is 5.76 Å². The smallest absolute Gasteiger partial charge is 0.193 e. The summed E-state index contributed by atoms with van der Waals surface area (Å²) in [7, 11) is 0. The summed E-state index contributed by atoms with van der Waals surface area (Å²) in [6, 6.07) is 3.78. The predicted octanol–water partition coefficient (Wildman–Crippen LogP) is 2.40. The number of furan rings is 1. The van der Waals surface area contributed by atoms with Crippen molar-refractivity contribution in [1.29, 1.82) is 0 Å². The van der Waals surface area contributed by atoms with Gasteiger partial charge in [0.2, 0.25) is 0 Å². The maximum absolute atomic E-state index is 5.69.